The number of phenolic OH excluding ortho intramolecular Hbond substituents is 1. The number of nitrogens with zero attached hydrogens (tertiary/aromatic N) is 2. The van der Waals surface area contributed by atoms with E-state index in [2.05, 4.69) is 4.90 Å². The first-order valence-electron chi connectivity index (χ1n) is 9.28. The highest BCUT2D eigenvalue weighted by Crippen LogP contribution is 2.40. The van der Waals surface area contributed by atoms with E-state index in [4.69, 9.17) is 4.74 Å². The number of Topliss-reactive ketones (excluding diaryl/α,β-unsaturated/α-hetero) is 1. The van der Waals surface area contributed by atoms with Crippen molar-refractivity contribution in [2.75, 3.05) is 27.4 Å². The van der Waals surface area contributed by atoms with Gasteiger partial charge < -0.3 is 14.7 Å². The molecule has 1 saturated heterocycles. The third kappa shape index (κ3) is 3.18. The van der Waals surface area contributed by atoms with E-state index in [-0.39, 0.29) is 24.0 Å². The van der Waals surface area contributed by atoms with Gasteiger partial charge in [0.2, 0.25) is 5.91 Å². The lowest BCUT2D eigenvalue weighted by atomic mass is 9.75. The summed E-state index contributed by atoms with van der Waals surface area (Å²) in [6.07, 6.45) is 5.73. The first kappa shape index (κ1) is 18.7. The summed E-state index contributed by atoms with van der Waals surface area (Å²) in [5, 5.41) is 9.88. The molecule has 3 rings (SSSR count). The maximum Gasteiger partial charge on any atom is 0.244 e. The van der Waals surface area contributed by atoms with Gasteiger partial charge >= 0.3 is 0 Å². The van der Waals surface area contributed by atoms with Gasteiger partial charge in [0.25, 0.3) is 0 Å². The van der Waals surface area contributed by atoms with E-state index in [0.29, 0.717) is 23.9 Å². The molecule has 1 unspecified atom stereocenters. The van der Waals surface area contributed by atoms with E-state index in [9.17, 15) is 14.7 Å². The Morgan fingerprint density at radius 2 is 2.00 bits per heavy atom. The zero-order chi connectivity index (χ0) is 18.9. The van der Waals surface area contributed by atoms with Crippen LogP contribution < -0.4 is 4.74 Å². The van der Waals surface area contributed by atoms with Crippen LogP contribution in [0.3, 0.4) is 0 Å². The van der Waals surface area contributed by atoms with Crippen molar-refractivity contribution in [3.63, 3.8) is 0 Å². The van der Waals surface area contributed by atoms with Crippen LogP contribution in [0.15, 0.2) is 18.2 Å². The number of likely N-dealkylation sites (N-methyl/N-ethyl adjacent to an activating group) is 1. The number of ether oxygens (including phenoxy) is 1. The first-order valence-corrected chi connectivity index (χ1v) is 9.28. The molecule has 6 nitrogen and oxygen atoms in total. The molecule has 1 aliphatic carbocycles. The highest BCUT2D eigenvalue weighted by molar-refractivity contribution is 6.01. The molecule has 1 aliphatic heterocycles. The Hall–Kier alpha value is -2.08. The van der Waals surface area contributed by atoms with Crippen LogP contribution in [0.4, 0.5) is 0 Å². The van der Waals surface area contributed by atoms with E-state index >= 15 is 0 Å². The summed E-state index contributed by atoms with van der Waals surface area (Å²) < 4.78 is 5.01. The predicted octanol–water partition coefficient (Wildman–Crippen LogP) is 2.65. The molecule has 142 valence electrons. The van der Waals surface area contributed by atoms with Crippen LogP contribution in [0.1, 0.15) is 49.4 Å². The monoisotopic (exact) mass is 360 g/mol. The number of rotatable bonds is 5. The predicted molar refractivity (Wildman–Crippen MR) is 98.3 cm³/mol. The summed E-state index contributed by atoms with van der Waals surface area (Å²) >= 11 is 0. The van der Waals surface area contributed by atoms with Crippen LogP contribution in [0.5, 0.6) is 11.5 Å². The molecular weight excluding hydrogens is 332 g/mol. The Morgan fingerprint density at radius 3 is 2.62 bits per heavy atom. The lowest BCUT2D eigenvalue weighted by molar-refractivity contribution is -0.135. The van der Waals surface area contributed by atoms with Crippen molar-refractivity contribution in [1.82, 2.24) is 9.80 Å². The van der Waals surface area contributed by atoms with Gasteiger partial charge in [-0.2, -0.15) is 0 Å². The van der Waals surface area contributed by atoms with E-state index in [0.717, 1.165) is 12.8 Å². The van der Waals surface area contributed by atoms with Crippen molar-refractivity contribution in [3.8, 4) is 11.5 Å². The van der Waals surface area contributed by atoms with Crippen LogP contribution in [0.25, 0.3) is 0 Å². The van der Waals surface area contributed by atoms with Crippen LogP contribution in [0, 0.1) is 5.92 Å². The number of amides is 1. The number of methoxy groups -OCH3 is 1. The first-order chi connectivity index (χ1) is 12.4. The maximum absolute atomic E-state index is 13.1. The number of hydrogen-bond acceptors (Lipinski definition) is 5. The highest BCUT2D eigenvalue weighted by atomic mass is 16.5. The molecule has 6 heteroatoms. The van der Waals surface area contributed by atoms with Crippen molar-refractivity contribution in [3.05, 3.63) is 23.8 Å². The Balaban J connectivity index is 1.73. The van der Waals surface area contributed by atoms with Gasteiger partial charge in [-0.3, -0.25) is 14.5 Å². The Kier molecular flexibility index (Phi) is 5.23. The zero-order valence-corrected chi connectivity index (χ0v) is 15.8. The molecular formula is C20H28N2O4. The molecule has 1 heterocycles. The summed E-state index contributed by atoms with van der Waals surface area (Å²) in [6.45, 7) is 2.51. The summed E-state index contributed by atoms with van der Waals surface area (Å²) in [5.74, 6) is 0.452. The molecule has 0 spiro atoms. The van der Waals surface area contributed by atoms with Crippen LogP contribution in [0.2, 0.25) is 0 Å². The van der Waals surface area contributed by atoms with Crippen LogP contribution in [-0.4, -0.2) is 59.5 Å². The Morgan fingerprint density at radius 1 is 1.31 bits per heavy atom. The molecule has 0 bridgehead atoms. The molecule has 26 heavy (non-hydrogen) atoms. The number of carbonyl (C=O) groups is 2. The second-order valence-corrected chi connectivity index (χ2v) is 7.63. The molecule has 2 aliphatic rings. The number of carbonyl (C=O) groups excluding carboxylic acids is 2. The average molecular weight is 360 g/mol. The normalized spacial score (nSPS) is 24.9. The van der Waals surface area contributed by atoms with Crippen molar-refractivity contribution in [2.24, 2.45) is 5.92 Å². The number of phenols is 1. The number of hydrogen-bond donors (Lipinski definition) is 1. The van der Waals surface area contributed by atoms with E-state index in [1.54, 1.807) is 17.0 Å². The smallest absolute Gasteiger partial charge is 0.244 e. The van der Waals surface area contributed by atoms with Crippen molar-refractivity contribution in [1.29, 1.82) is 0 Å². The topological polar surface area (TPSA) is 70.1 Å². The lowest BCUT2D eigenvalue weighted by Crippen LogP contribution is -2.51. The third-order valence-corrected chi connectivity index (χ3v) is 6.13. The SMILES string of the molecule is COc1ccc(C(=O)CN2CN(C)C(C)(C3CCCCC3)C2=O)cc1O. The minimum Gasteiger partial charge on any atom is -0.504 e. The zero-order valence-electron chi connectivity index (χ0n) is 15.8. The second-order valence-electron chi connectivity index (χ2n) is 7.63. The fraction of sp³-hybridized carbons (Fsp3) is 0.600. The molecule has 0 aromatic heterocycles. The summed E-state index contributed by atoms with van der Waals surface area (Å²) in [6, 6.07) is 4.57. The Bertz CT molecular complexity index is 699. The molecule has 1 amide bonds. The van der Waals surface area contributed by atoms with Crippen LogP contribution >= 0.6 is 0 Å². The van der Waals surface area contributed by atoms with Crippen molar-refractivity contribution >= 4 is 11.7 Å². The van der Waals surface area contributed by atoms with E-state index < -0.39 is 5.54 Å². The molecule has 0 radical (unpaired) electrons. The van der Waals surface area contributed by atoms with Gasteiger partial charge in [-0.1, -0.05) is 19.3 Å². The quantitative estimate of drug-likeness (QED) is 0.818. The fourth-order valence-corrected chi connectivity index (χ4v) is 4.35. The molecule has 1 aromatic rings. The van der Waals surface area contributed by atoms with Gasteiger partial charge in [-0.15, -0.1) is 0 Å². The van der Waals surface area contributed by atoms with Crippen molar-refractivity contribution < 1.29 is 19.4 Å². The molecule has 2 fully saturated rings. The largest absolute Gasteiger partial charge is 0.504 e. The standard InChI is InChI=1S/C20H28N2O4/c1-20(15-7-5-4-6-8-15)19(25)22(13-21(20)2)12-17(24)14-9-10-18(26-3)16(23)11-14/h9-11,15,23H,4-8,12-13H2,1-3H3. The van der Waals surface area contributed by atoms with E-state index in [1.165, 1.54) is 32.4 Å². The minimum atomic E-state index is -0.525. The van der Waals surface area contributed by atoms with E-state index in [1.807, 2.05) is 14.0 Å². The second kappa shape index (κ2) is 7.27. The highest BCUT2D eigenvalue weighted by Gasteiger charge is 2.52. The third-order valence-electron chi connectivity index (χ3n) is 6.13. The van der Waals surface area contributed by atoms with Gasteiger partial charge in [0, 0.05) is 5.56 Å². The van der Waals surface area contributed by atoms with Gasteiger partial charge in [-0.05, 0) is 50.9 Å². The molecule has 1 saturated carbocycles. The van der Waals surface area contributed by atoms with Gasteiger partial charge in [0.15, 0.2) is 17.3 Å². The van der Waals surface area contributed by atoms with Gasteiger partial charge in [0.05, 0.1) is 20.3 Å². The van der Waals surface area contributed by atoms with Crippen molar-refractivity contribution in [2.45, 2.75) is 44.6 Å². The summed E-state index contributed by atoms with van der Waals surface area (Å²) in [5.41, 5.74) is -0.145. The molecule has 1 aromatic carbocycles. The average Bonchev–Trinajstić information content (AvgIpc) is 2.87. The fourth-order valence-electron chi connectivity index (χ4n) is 4.35. The van der Waals surface area contributed by atoms with Gasteiger partial charge in [-0.25, -0.2) is 0 Å². The summed E-state index contributed by atoms with van der Waals surface area (Å²) in [7, 11) is 3.43. The summed E-state index contributed by atoms with van der Waals surface area (Å²) in [4.78, 5) is 29.5. The number of aromatic hydroxyl groups is 1. The maximum atomic E-state index is 13.1. The number of benzene rings is 1. The number of ketones is 1. The minimum absolute atomic E-state index is 0.0251. The lowest BCUT2D eigenvalue weighted by Gasteiger charge is -2.39. The molecule has 1 N–H and O–H groups in total. The van der Waals surface area contributed by atoms with Crippen LogP contribution in [-0.2, 0) is 4.79 Å². The Labute approximate surface area is 154 Å². The molecule has 1 atom stereocenters. The van der Waals surface area contributed by atoms with Gasteiger partial charge in [0.1, 0.15) is 5.54 Å².